The molecule has 0 fully saturated rings. The maximum Gasteiger partial charge on any atom is 0.282 e. The lowest BCUT2D eigenvalue weighted by Gasteiger charge is -2.22. The third kappa shape index (κ3) is 2.73. The first-order chi connectivity index (χ1) is 13.5. The summed E-state index contributed by atoms with van der Waals surface area (Å²) >= 11 is 0. The Kier molecular flexibility index (Phi) is 4.19. The fourth-order valence-electron chi connectivity index (χ4n) is 3.30. The molecule has 0 saturated carbocycles. The molecule has 0 bridgehead atoms. The van der Waals surface area contributed by atoms with Crippen LogP contribution in [-0.2, 0) is 6.42 Å². The van der Waals surface area contributed by atoms with Crippen molar-refractivity contribution in [2.45, 2.75) is 13.3 Å². The Morgan fingerprint density at radius 3 is 2.32 bits per heavy atom. The summed E-state index contributed by atoms with van der Waals surface area (Å²) in [4.78, 5) is 36.4. The standard InChI is InChI=1S/C21H15N3O4/c1-2-13-6-8-14(9-7-13)12-22-23-20(25)16-5-3-4-15-18(24(27)28)11-10-17(19(15)16)21(23)26/h3-12H,2H2,1H3/b22-12-. The summed E-state index contributed by atoms with van der Waals surface area (Å²) in [6, 6.07) is 14.9. The van der Waals surface area contributed by atoms with Crippen molar-refractivity contribution in [1.82, 2.24) is 5.01 Å². The van der Waals surface area contributed by atoms with E-state index < -0.39 is 16.7 Å². The second-order valence-electron chi connectivity index (χ2n) is 6.38. The number of hydrogen-bond acceptors (Lipinski definition) is 5. The lowest BCUT2D eigenvalue weighted by atomic mass is 9.94. The van der Waals surface area contributed by atoms with E-state index in [0.29, 0.717) is 5.39 Å². The van der Waals surface area contributed by atoms with Crippen LogP contribution in [0.4, 0.5) is 5.69 Å². The molecule has 28 heavy (non-hydrogen) atoms. The minimum atomic E-state index is -0.606. The van der Waals surface area contributed by atoms with Crippen molar-refractivity contribution in [1.29, 1.82) is 0 Å². The first-order valence-electron chi connectivity index (χ1n) is 8.73. The van der Waals surface area contributed by atoms with Crippen LogP contribution in [0.3, 0.4) is 0 Å². The van der Waals surface area contributed by atoms with E-state index in [1.165, 1.54) is 30.0 Å². The molecule has 1 aliphatic heterocycles. The smallest absolute Gasteiger partial charge is 0.267 e. The van der Waals surface area contributed by atoms with Crippen molar-refractivity contribution < 1.29 is 14.5 Å². The van der Waals surface area contributed by atoms with Crippen molar-refractivity contribution in [3.63, 3.8) is 0 Å². The first-order valence-corrected chi connectivity index (χ1v) is 8.73. The summed E-state index contributed by atoms with van der Waals surface area (Å²) in [5.41, 5.74) is 2.22. The van der Waals surface area contributed by atoms with Gasteiger partial charge < -0.3 is 0 Å². The number of hydrogen-bond donors (Lipinski definition) is 0. The van der Waals surface area contributed by atoms with Crippen molar-refractivity contribution in [3.8, 4) is 0 Å². The molecule has 0 aliphatic carbocycles. The number of nitrogens with zero attached hydrogens (tertiary/aromatic N) is 3. The Bertz CT molecular complexity index is 1140. The Morgan fingerprint density at radius 1 is 1.00 bits per heavy atom. The van der Waals surface area contributed by atoms with Gasteiger partial charge in [-0.25, -0.2) is 0 Å². The van der Waals surface area contributed by atoms with Gasteiger partial charge in [0, 0.05) is 11.5 Å². The van der Waals surface area contributed by atoms with Crippen LogP contribution < -0.4 is 0 Å². The van der Waals surface area contributed by atoms with Gasteiger partial charge in [0.25, 0.3) is 17.5 Å². The average molecular weight is 373 g/mol. The van der Waals surface area contributed by atoms with E-state index in [4.69, 9.17) is 0 Å². The lowest BCUT2D eigenvalue weighted by molar-refractivity contribution is -0.383. The van der Waals surface area contributed by atoms with Crippen LogP contribution >= 0.6 is 0 Å². The van der Waals surface area contributed by atoms with Crippen LogP contribution in [-0.4, -0.2) is 28.0 Å². The normalized spacial score (nSPS) is 13.5. The summed E-state index contributed by atoms with van der Waals surface area (Å²) < 4.78 is 0. The van der Waals surface area contributed by atoms with Gasteiger partial charge in [-0.15, -0.1) is 0 Å². The van der Waals surface area contributed by atoms with Crippen molar-refractivity contribution >= 4 is 34.5 Å². The number of amides is 2. The van der Waals surface area contributed by atoms with Gasteiger partial charge in [0.05, 0.1) is 27.7 Å². The molecule has 2 amide bonds. The SMILES string of the molecule is CCc1ccc(/C=N\N2C(=O)c3cccc4c([N+](=O)[O-])ccc(c34)C2=O)cc1. The molecule has 1 heterocycles. The van der Waals surface area contributed by atoms with E-state index in [1.807, 2.05) is 24.3 Å². The minimum Gasteiger partial charge on any atom is -0.267 e. The van der Waals surface area contributed by atoms with Gasteiger partial charge in [0.1, 0.15) is 0 Å². The molecular formula is C21H15N3O4. The number of carbonyl (C=O) groups is 2. The molecule has 0 N–H and O–H groups in total. The summed E-state index contributed by atoms with van der Waals surface area (Å²) in [7, 11) is 0. The number of nitro benzene ring substituents is 1. The molecule has 0 aromatic heterocycles. The second kappa shape index (κ2) is 6.70. The number of rotatable bonds is 4. The van der Waals surface area contributed by atoms with Crippen LogP contribution in [0.1, 0.15) is 38.8 Å². The maximum atomic E-state index is 12.8. The van der Waals surface area contributed by atoms with Crippen molar-refractivity contribution in [3.05, 3.63) is 87.0 Å². The van der Waals surface area contributed by atoms with Crippen molar-refractivity contribution in [2.24, 2.45) is 5.10 Å². The first kappa shape index (κ1) is 17.5. The summed E-state index contributed by atoms with van der Waals surface area (Å²) in [6.07, 6.45) is 2.36. The summed E-state index contributed by atoms with van der Waals surface area (Å²) in [5, 5.41) is 16.7. The van der Waals surface area contributed by atoms with Gasteiger partial charge in [-0.2, -0.15) is 10.1 Å². The summed E-state index contributed by atoms with van der Waals surface area (Å²) in [6.45, 7) is 2.05. The van der Waals surface area contributed by atoms with Gasteiger partial charge >= 0.3 is 0 Å². The zero-order valence-corrected chi connectivity index (χ0v) is 15.0. The lowest BCUT2D eigenvalue weighted by Crippen LogP contribution is -2.36. The summed E-state index contributed by atoms with van der Waals surface area (Å²) in [5.74, 6) is -1.21. The number of nitro groups is 1. The van der Waals surface area contributed by atoms with Gasteiger partial charge in [0.2, 0.25) is 0 Å². The molecule has 7 heteroatoms. The molecule has 1 aliphatic rings. The van der Waals surface area contributed by atoms with Crippen LogP contribution in [0.2, 0.25) is 0 Å². The molecule has 0 atom stereocenters. The number of benzene rings is 3. The molecule has 3 aromatic carbocycles. The number of aryl methyl sites for hydroxylation is 1. The molecule has 3 aromatic rings. The number of carbonyl (C=O) groups excluding carboxylic acids is 2. The monoisotopic (exact) mass is 373 g/mol. The van der Waals surface area contributed by atoms with E-state index in [1.54, 1.807) is 12.1 Å². The van der Waals surface area contributed by atoms with Gasteiger partial charge in [-0.3, -0.25) is 19.7 Å². The highest BCUT2D eigenvalue weighted by Gasteiger charge is 2.34. The van der Waals surface area contributed by atoms with Crippen LogP contribution in [0, 0.1) is 10.1 Å². The number of imide groups is 1. The fraction of sp³-hybridized carbons (Fsp3) is 0.0952. The highest BCUT2D eigenvalue weighted by atomic mass is 16.6. The fourth-order valence-corrected chi connectivity index (χ4v) is 3.30. The molecule has 0 unspecified atom stereocenters. The molecule has 0 radical (unpaired) electrons. The highest BCUT2D eigenvalue weighted by molar-refractivity contribution is 6.26. The van der Waals surface area contributed by atoms with Crippen molar-refractivity contribution in [2.75, 3.05) is 0 Å². The highest BCUT2D eigenvalue weighted by Crippen LogP contribution is 2.35. The topological polar surface area (TPSA) is 92.9 Å². The Balaban J connectivity index is 1.77. The van der Waals surface area contributed by atoms with E-state index in [2.05, 4.69) is 12.0 Å². The maximum absolute atomic E-state index is 12.8. The van der Waals surface area contributed by atoms with E-state index in [9.17, 15) is 19.7 Å². The second-order valence-corrected chi connectivity index (χ2v) is 6.38. The molecule has 0 spiro atoms. The van der Waals surface area contributed by atoms with Gasteiger partial charge in [-0.05, 0) is 35.7 Å². The van der Waals surface area contributed by atoms with Crippen LogP contribution in [0.25, 0.3) is 10.8 Å². The molecule has 4 rings (SSSR count). The predicted octanol–water partition coefficient (Wildman–Crippen LogP) is 3.94. The minimum absolute atomic E-state index is 0.144. The number of hydrazone groups is 1. The zero-order chi connectivity index (χ0) is 19.8. The van der Waals surface area contributed by atoms with E-state index >= 15 is 0 Å². The Labute approximate surface area is 160 Å². The quantitative estimate of drug-likeness (QED) is 0.300. The Hall–Kier alpha value is -3.87. The van der Waals surface area contributed by atoms with E-state index in [-0.39, 0.29) is 22.2 Å². The average Bonchev–Trinajstić information content (AvgIpc) is 2.71. The molecule has 0 saturated heterocycles. The van der Waals surface area contributed by atoms with E-state index in [0.717, 1.165) is 17.0 Å². The van der Waals surface area contributed by atoms with Gasteiger partial charge in [0.15, 0.2) is 0 Å². The molecular weight excluding hydrogens is 358 g/mol. The van der Waals surface area contributed by atoms with Crippen LogP contribution in [0.5, 0.6) is 0 Å². The molecule has 138 valence electrons. The van der Waals surface area contributed by atoms with Crippen LogP contribution in [0.15, 0.2) is 59.7 Å². The largest absolute Gasteiger partial charge is 0.282 e. The Morgan fingerprint density at radius 2 is 1.68 bits per heavy atom. The zero-order valence-electron chi connectivity index (χ0n) is 15.0. The molecule has 7 nitrogen and oxygen atoms in total. The predicted molar refractivity (Wildman–Crippen MR) is 105 cm³/mol. The third-order valence-corrected chi connectivity index (χ3v) is 4.77. The third-order valence-electron chi connectivity index (χ3n) is 4.77. The number of non-ortho nitro benzene ring substituents is 1. The van der Waals surface area contributed by atoms with Gasteiger partial charge in [-0.1, -0.05) is 37.3 Å².